The van der Waals surface area contributed by atoms with E-state index in [0.717, 1.165) is 27.7 Å². The number of aromatic nitrogens is 1. The van der Waals surface area contributed by atoms with Crippen molar-refractivity contribution in [3.05, 3.63) is 52.7 Å². The molecule has 0 spiro atoms. The number of nitrogens with one attached hydrogen (secondary N) is 1. The minimum atomic E-state index is 0.763. The van der Waals surface area contributed by atoms with Gasteiger partial charge in [-0.2, -0.15) is 0 Å². The zero-order valence-corrected chi connectivity index (χ0v) is 11.5. The molecule has 0 atom stereocenters. The number of pyridine rings is 1. The summed E-state index contributed by atoms with van der Waals surface area (Å²) in [4.78, 5) is 4.30. The fourth-order valence-corrected chi connectivity index (χ4v) is 1.79. The SMILES string of the molecule is Cc1ccc(N(C)Nc2ncccc2C)cc1Cl. The summed E-state index contributed by atoms with van der Waals surface area (Å²) in [6, 6.07) is 9.89. The van der Waals surface area contributed by atoms with E-state index in [1.54, 1.807) is 6.20 Å². The zero-order chi connectivity index (χ0) is 13.1. The standard InChI is InChI=1S/C14H16ClN3/c1-10-6-7-12(9-13(10)15)18(3)17-14-11(2)5-4-8-16-14/h4-9H,1-3H3,(H,16,17). The molecule has 2 aromatic rings. The fraction of sp³-hybridized carbons (Fsp3) is 0.214. The van der Waals surface area contributed by atoms with Crippen LogP contribution in [-0.2, 0) is 0 Å². The Morgan fingerprint density at radius 3 is 2.61 bits per heavy atom. The molecule has 0 aliphatic heterocycles. The molecule has 0 saturated carbocycles. The molecule has 2 rings (SSSR count). The van der Waals surface area contributed by atoms with Crippen molar-refractivity contribution in [2.75, 3.05) is 17.5 Å². The third-order valence-corrected chi connectivity index (χ3v) is 3.23. The molecule has 0 unspecified atom stereocenters. The average molecular weight is 262 g/mol. The molecular weight excluding hydrogens is 246 g/mol. The van der Waals surface area contributed by atoms with Crippen molar-refractivity contribution in [1.29, 1.82) is 0 Å². The minimum Gasteiger partial charge on any atom is -0.290 e. The van der Waals surface area contributed by atoms with Gasteiger partial charge in [-0.15, -0.1) is 0 Å². The molecule has 1 heterocycles. The van der Waals surface area contributed by atoms with Crippen LogP contribution >= 0.6 is 11.6 Å². The summed E-state index contributed by atoms with van der Waals surface area (Å²) < 4.78 is 0. The normalized spacial score (nSPS) is 10.2. The van der Waals surface area contributed by atoms with Crippen molar-refractivity contribution in [2.45, 2.75) is 13.8 Å². The van der Waals surface area contributed by atoms with Gasteiger partial charge in [-0.1, -0.05) is 23.7 Å². The lowest BCUT2D eigenvalue weighted by molar-refractivity contribution is 1.05. The first-order valence-electron chi connectivity index (χ1n) is 5.76. The van der Waals surface area contributed by atoms with E-state index in [1.165, 1.54) is 0 Å². The van der Waals surface area contributed by atoms with E-state index >= 15 is 0 Å². The van der Waals surface area contributed by atoms with E-state index in [1.807, 2.05) is 56.2 Å². The quantitative estimate of drug-likeness (QED) is 0.852. The van der Waals surface area contributed by atoms with E-state index in [-0.39, 0.29) is 0 Å². The number of benzene rings is 1. The van der Waals surface area contributed by atoms with Crippen LogP contribution in [0.1, 0.15) is 11.1 Å². The molecule has 0 radical (unpaired) electrons. The Morgan fingerprint density at radius 1 is 1.17 bits per heavy atom. The second-order valence-electron chi connectivity index (χ2n) is 4.27. The lowest BCUT2D eigenvalue weighted by Crippen LogP contribution is -2.25. The van der Waals surface area contributed by atoms with Crippen molar-refractivity contribution >= 4 is 23.1 Å². The summed E-state index contributed by atoms with van der Waals surface area (Å²) in [6.07, 6.45) is 1.77. The molecule has 94 valence electrons. The lowest BCUT2D eigenvalue weighted by atomic mass is 10.2. The molecule has 4 heteroatoms. The Hall–Kier alpha value is -1.74. The van der Waals surface area contributed by atoms with Crippen LogP contribution in [-0.4, -0.2) is 12.0 Å². The number of anilines is 2. The van der Waals surface area contributed by atoms with Gasteiger partial charge in [-0.05, 0) is 43.2 Å². The number of rotatable bonds is 3. The van der Waals surface area contributed by atoms with E-state index in [0.29, 0.717) is 0 Å². The van der Waals surface area contributed by atoms with Crippen LogP contribution in [0.25, 0.3) is 0 Å². The Kier molecular flexibility index (Phi) is 3.72. The number of nitrogens with zero attached hydrogens (tertiary/aromatic N) is 2. The molecule has 3 nitrogen and oxygen atoms in total. The van der Waals surface area contributed by atoms with Gasteiger partial charge in [0.2, 0.25) is 0 Å². The molecule has 0 saturated heterocycles. The zero-order valence-electron chi connectivity index (χ0n) is 10.7. The highest BCUT2D eigenvalue weighted by Gasteiger charge is 2.05. The van der Waals surface area contributed by atoms with Crippen LogP contribution in [0.2, 0.25) is 5.02 Å². The Morgan fingerprint density at radius 2 is 1.94 bits per heavy atom. The van der Waals surface area contributed by atoms with Gasteiger partial charge in [0.05, 0.1) is 5.69 Å². The highest BCUT2D eigenvalue weighted by Crippen LogP contribution is 2.23. The first-order valence-corrected chi connectivity index (χ1v) is 6.14. The maximum atomic E-state index is 6.12. The van der Waals surface area contributed by atoms with Crippen LogP contribution in [0, 0.1) is 13.8 Å². The van der Waals surface area contributed by atoms with Crippen LogP contribution in [0.4, 0.5) is 11.5 Å². The molecule has 0 aliphatic rings. The molecule has 18 heavy (non-hydrogen) atoms. The smallest absolute Gasteiger partial charge is 0.147 e. The van der Waals surface area contributed by atoms with Crippen molar-refractivity contribution in [2.24, 2.45) is 0 Å². The second-order valence-corrected chi connectivity index (χ2v) is 4.68. The van der Waals surface area contributed by atoms with Gasteiger partial charge in [0.25, 0.3) is 0 Å². The Balaban J connectivity index is 2.19. The summed E-state index contributed by atoms with van der Waals surface area (Å²) >= 11 is 6.12. The van der Waals surface area contributed by atoms with Gasteiger partial charge in [-0.25, -0.2) is 4.98 Å². The van der Waals surface area contributed by atoms with Crippen molar-refractivity contribution < 1.29 is 0 Å². The van der Waals surface area contributed by atoms with Gasteiger partial charge < -0.3 is 0 Å². The monoisotopic (exact) mass is 261 g/mol. The van der Waals surface area contributed by atoms with Crippen molar-refractivity contribution in [3.63, 3.8) is 0 Å². The average Bonchev–Trinajstić information content (AvgIpc) is 2.35. The minimum absolute atomic E-state index is 0.763. The summed E-state index contributed by atoms with van der Waals surface area (Å²) in [5, 5.41) is 2.67. The molecule has 1 N–H and O–H groups in total. The van der Waals surface area contributed by atoms with E-state index in [2.05, 4.69) is 10.4 Å². The van der Waals surface area contributed by atoms with Crippen LogP contribution in [0.15, 0.2) is 36.5 Å². The molecule has 0 aliphatic carbocycles. The largest absolute Gasteiger partial charge is 0.290 e. The first kappa shape index (κ1) is 12.7. The third kappa shape index (κ3) is 2.74. The third-order valence-electron chi connectivity index (χ3n) is 2.83. The van der Waals surface area contributed by atoms with E-state index in [9.17, 15) is 0 Å². The summed E-state index contributed by atoms with van der Waals surface area (Å²) in [5.74, 6) is 0.844. The molecule has 0 amide bonds. The maximum Gasteiger partial charge on any atom is 0.147 e. The Labute approximate surface area is 112 Å². The number of hydrogen-bond donors (Lipinski definition) is 1. The summed E-state index contributed by atoms with van der Waals surface area (Å²) in [7, 11) is 1.94. The predicted octanol–water partition coefficient (Wildman–Crippen LogP) is 3.82. The molecule has 0 bridgehead atoms. The van der Waals surface area contributed by atoms with Gasteiger partial charge in [0.1, 0.15) is 5.82 Å². The maximum absolute atomic E-state index is 6.12. The lowest BCUT2D eigenvalue weighted by Gasteiger charge is -2.22. The highest BCUT2D eigenvalue weighted by atomic mass is 35.5. The number of hydrogen-bond acceptors (Lipinski definition) is 3. The molecule has 1 aromatic heterocycles. The van der Waals surface area contributed by atoms with Gasteiger partial charge in [0.15, 0.2) is 0 Å². The fourth-order valence-electron chi connectivity index (χ4n) is 1.62. The van der Waals surface area contributed by atoms with Gasteiger partial charge in [-0.3, -0.25) is 10.4 Å². The number of hydrazine groups is 1. The molecule has 1 aromatic carbocycles. The second kappa shape index (κ2) is 5.27. The van der Waals surface area contributed by atoms with E-state index in [4.69, 9.17) is 11.6 Å². The van der Waals surface area contributed by atoms with E-state index < -0.39 is 0 Å². The highest BCUT2D eigenvalue weighted by molar-refractivity contribution is 6.31. The van der Waals surface area contributed by atoms with Crippen molar-refractivity contribution in [1.82, 2.24) is 4.98 Å². The molecule has 0 fully saturated rings. The summed E-state index contributed by atoms with van der Waals surface area (Å²) in [6.45, 7) is 4.01. The van der Waals surface area contributed by atoms with Crippen LogP contribution < -0.4 is 10.4 Å². The van der Waals surface area contributed by atoms with Crippen LogP contribution in [0.3, 0.4) is 0 Å². The van der Waals surface area contributed by atoms with Crippen LogP contribution in [0.5, 0.6) is 0 Å². The predicted molar refractivity (Wildman–Crippen MR) is 77.2 cm³/mol. The summed E-state index contributed by atoms with van der Waals surface area (Å²) in [5.41, 5.74) is 6.40. The van der Waals surface area contributed by atoms with Gasteiger partial charge >= 0.3 is 0 Å². The van der Waals surface area contributed by atoms with Crippen molar-refractivity contribution in [3.8, 4) is 0 Å². The Bertz CT molecular complexity index is 554. The number of aryl methyl sites for hydroxylation is 2. The van der Waals surface area contributed by atoms with Gasteiger partial charge in [0, 0.05) is 18.3 Å². The topological polar surface area (TPSA) is 28.2 Å². The first-order chi connectivity index (χ1) is 8.58. The number of halogens is 1. The molecular formula is C14H16ClN3.